The number of aromatic hydroxyl groups is 1. The average molecular weight is 449 g/mol. The summed E-state index contributed by atoms with van der Waals surface area (Å²) in [4.78, 5) is 26.6. The van der Waals surface area contributed by atoms with Gasteiger partial charge < -0.3 is 14.7 Å². The number of fused-ring (bicyclic) bond motifs is 1. The topological polar surface area (TPSA) is 75.0 Å². The van der Waals surface area contributed by atoms with Crippen LogP contribution >= 0.6 is 0 Å². The zero-order valence-corrected chi connectivity index (χ0v) is 17.9. The molecular weight excluding hydrogens is 425 g/mol. The molecule has 1 aliphatic rings. The van der Waals surface area contributed by atoms with Crippen LogP contribution in [0.25, 0.3) is 0 Å². The molecule has 1 amide bonds. The van der Waals surface area contributed by atoms with Gasteiger partial charge in [-0.3, -0.25) is 19.3 Å². The van der Waals surface area contributed by atoms with Crippen LogP contribution in [0.4, 0.5) is 4.39 Å². The highest BCUT2D eigenvalue weighted by molar-refractivity contribution is 5.96. The number of pyridine rings is 1. The average Bonchev–Trinajstić information content (AvgIpc) is 2.82. The Kier molecular flexibility index (Phi) is 6.73. The molecule has 2 heterocycles. The Bertz CT molecular complexity index is 1210. The fraction of sp³-hybridized carbons (Fsp3) is 0.200. The molecule has 0 unspecified atom stereocenters. The Hall–Kier alpha value is -4.07. The van der Waals surface area contributed by atoms with Crippen LogP contribution in [0.3, 0.4) is 0 Å². The van der Waals surface area contributed by atoms with E-state index in [0.717, 1.165) is 5.56 Å². The van der Waals surface area contributed by atoms with Crippen LogP contribution in [-0.2, 0) is 6.54 Å². The Balaban J connectivity index is 1.43. The van der Waals surface area contributed by atoms with Gasteiger partial charge in [0.1, 0.15) is 13.3 Å². The maximum absolute atomic E-state index is 13.6. The molecule has 0 spiro atoms. The Morgan fingerprint density at radius 2 is 1.76 bits per heavy atom. The number of hydrogen-bond donors (Lipinski definition) is 1. The third-order valence-corrected chi connectivity index (χ3v) is 5.29. The molecule has 0 atom stereocenters. The number of carbonyl (C=O) groups is 1. The van der Waals surface area contributed by atoms with Crippen molar-refractivity contribution in [1.82, 2.24) is 9.58 Å². The van der Waals surface area contributed by atoms with Gasteiger partial charge in [0.05, 0.1) is 6.54 Å². The van der Waals surface area contributed by atoms with Crippen LogP contribution in [0, 0.1) is 5.82 Å². The van der Waals surface area contributed by atoms with E-state index >= 15 is 0 Å². The molecule has 1 aliphatic heterocycles. The highest BCUT2D eigenvalue weighted by atomic mass is 19.1. The summed E-state index contributed by atoms with van der Waals surface area (Å²) in [5.41, 5.74) is 0.388. The van der Waals surface area contributed by atoms with Gasteiger partial charge in [0, 0.05) is 18.8 Å². The molecule has 3 aromatic rings. The van der Waals surface area contributed by atoms with E-state index in [4.69, 9.17) is 4.74 Å². The number of benzene rings is 2. The number of rotatable bonds is 8. The normalized spacial score (nSPS) is 13.4. The molecule has 7 nitrogen and oxygen atoms in total. The third-order valence-electron chi connectivity index (χ3n) is 5.29. The maximum Gasteiger partial charge on any atom is 0.277 e. The number of amides is 1. The molecule has 0 saturated carbocycles. The van der Waals surface area contributed by atoms with Gasteiger partial charge in [-0.1, -0.05) is 54.6 Å². The molecule has 8 heteroatoms. The lowest BCUT2D eigenvalue weighted by Gasteiger charge is -2.39. The van der Waals surface area contributed by atoms with Crippen LogP contribution < -0.4 is 15.2 Å². The van der Waals surface area contributed by atoms with E-state index in [1.807, 2.05) is 41.4 Å². The number of carbonyl (C=O) groups excluding carboxylic acids is 1. The second-order valence-electron chi connectivity index (χ2n) is 7.58. The molecule has 0 aliphatic carbocycles. The van der Waals surface area contributed by atoms with Crippen molar-refractivity contribution in [3.05, 3.63) is 106 Å². The minimum atomic E-state index is -0.596. The predicted octanol–water partition coefficient (Wildman–Crippen LogP) is 3.27. The van der Waals surface area contributed by atoms with E-state index in [9.17, 15) is 19.1 Å². The van der Waals surface area contributed by atoms with Crippen molar-refractivity contribution in [2.24, 2.45) is 0 Å². The SMILES string of the molecule is O=C1c2c(O)c(=O)ccn2N(Cc2ccccc2)CN1CC/C=C/COc1ccccc1F. The highest BCUT2D eigenvalue weighted by Gasteiger charge is 2.31. The first kappa shape index (κ1) is 22.1. The second-order valence-corrected chi connectivity index (χ2v) is 7.58. The predicted molar refractivity (Wildman–Crippen MR) is 122 cm³/mol. The van der Waals surface area contributed by atoms with Crippen molar-refractivity contribution in [2.45, 2.75) is 13.0 Å². The molecule has 0 radical (unpaired) electrons. The zero-order valence-electron chi connectivity index (χ0n) is 17.9. The summed E-state index contributed by atoms with van der Waals surface area (Å²) >= 11 is 0. The fourth-order valence-electron chi connectivity index (χ4n) is 3.64. The van der Waals surface area contributed by atoms with Crippen LogP contribution in [-0.4, -0.2) is 40.4 Å². The van der Waals surface area contributed by atoms with Crippen molar-refractivity contribution in [2.75, 3.05) is 24.8 Å². The van der Waals surface area contributed by atoms with E-state index in [1.54, 1.807) is 33.9 Å². The standard InChI is InChI=1S/C25H24FN3O4/c26-20-11-5-6-12-22(20)33-16-8-2-7-14-27-18-28(17-19-9-3-1-4-10-19)29-15-13-21(30)24(31)23(29)25(27)32/h1-6,8-13,15,31H,7,14,16-18H2/b8-2+. The summed E-state index contributed by atoms with van der Waals surface area (Å²) < 4.78 is 20.5. The van der Waals surface area contributed by atoms with Gasteiger partial charge >= 0.3 is 0 Å². The first-order chi connectivity index (χ1) is 16.0. The molecule has 0 saturated heterocycles. The lowest BCUT2D eigenvalue weighted by atomic mass is 10.2. The molecule has 1 N–H and O–H groups in total. The number of hydrogen-bond acceptors (Lipinski definition) is 5. The van der Waals surface area contributed by atoms with Crippen molar-refractivity contribution in [1.29, 1.82) is 0 Å². The number of halogens is 1. The third kappa shape index (κ3) is 5.06. The van der Waals surface area contributed by atoms with E-state index < -0.39 is 22.9 Å². The van der Waals surface area contributed by atoms with E-state index in [2.05, 4.69) is 0 Å². The molecule has 0 fully saturated rings. The minimum absolute atomic E-state index is 0.0449. The Morgan fingerprint density at radius 1 is 1.00 bits per heavy atom. The molecule has 2 aromatic carbocycles. The summed E-state index contributed by atoms with van der Waals surface area (Å²) in [6.07, 6.45) is 5.65. The summed E-state index contributed by atoms with van der Waals surface area (Å²) in [7, 11) is 0. The lowest BCUT2D eigenvalue weighted by Crippen LogP contribution is -2.53. The van der Waals surface area contributed by atoms with Gasteiger partial charge in [0.25, 0.3) is 5.91 Å². The summed E-state index contributed by atoms with van der Waals surface area (Å²) in [6, 6.07) is 17.2. The number of ether oxygens (including phenoxy) is 1. The van der Waals surface area contributed by atoms with Crippen LogP contribution in [0.2, 0.25) is 0 Å². The first-order valence-corrected chi connectivity index (χ1v) is 10.6. The largest absolute Gasteiger partial charge is 0.502 e. The Labute approximate surface area is 190 Å². The van der Waals surface area contributed by atoms with Crippen molar-refractivity contribution in [3.63, 3.8) is 0 Å². The molecule has 1 aromatic heterocycles. The first-order valence-electron chi connectivity index (χ1n) is 10.6. The van der Waals surface area contributed by atoms with Gasteiger partial charge in [0.15, 0.2) is 23.0 Å². The molecular formula is C25H24FN3O4. The van der Waals surface area contributed by atoms with E-state index in [-0.39, 0.29) is 18.1 Å². The summed E-state index contributed by atoms with van der Waals surface area (Å²) in [5, 5.41) is 12.2. The van der Waals surface area contributed by atoms with Gasteiger partial charge in [-0.15, -0.1) is 0 Å². The van der Waals surface area contributed by atoms with E-state index in [0.29, 0.717) is 26.2 Å². The van der Waals surface area contributed by atoms with Gasteiger partial charge in [0.2, 0.25) is 5.43 Å². The maximum atomic E-state index is 13.6. The van der Waals surface area contributed by atoms with Crippen LogP contribution in [0.5, 0.6) is 11.5 Å². The lowest BCUT2D eigenvalue weighted by molar-refractivity contribution is 0.0688. The zero-order chi connectivity index (χ0) is 23.2. The van der Waals surface area contributed by atoms with Crippen molar-refractivity contribution in [3.8, 4) is 11.5 Å². The molecule has 4 rings (SSSR count). The monoisotopic (exact) mass is 449 g/mol. The molecule has 0 bridgehead atoms. The molecule has 170 valence electrons. The second kappa shape index (κ2) is 10.0. The van der Waals surface area contributed by atoms with Crippen LogP contribution in [0.1, 0.15) is 22.5 Å². The van der Waals surface area contributed by atoms with Gasteiger partial charge in [-0.25, -0.2) is 4.39 Å². The highest BCUT2D eigenvalue weighted by Crippen LogP contribution is 2.21. The van der Waals surface area contributed by atoms with E-state index in [1.165, 1.54) is 18.3 Å². The van der Waals surface area contributed by atoms with Gasteiger partial charge in [-0.2, -0.15) is 0 Å². The Morgan fingerprint density at radius 3 is 2.55 bits per heavy atom. The quantitative estimate of drug-likeness (QED) is 0.535. The number of aromatic nitrogens is 1. The smallest absolute Gasteiger partial charge is 0.277 e. The summed E-state index contributed by atoms with van der Waals surface area (Å²) in [5.74, 6) is -1.20. The fourth-order valence-corrected chi connectivity index (χ4v) is 3.64. The molecule has 33 heavy (non-hydrogen) atoms. The summed E-state index contributed by atoms with van der Waals surface area (Å²) in [6.45, 7) is 1.37. The van der Waals surface area contributed by atoms with Crippen LogP contribution in [0.15, 0.2) is 83.8 Å². The minimum Gasteiger partial charge on any atom is -0.502 e. The van der Waals surface area contributed by atoms with Crippen molar-refractivity contribution >= 4 is 5.91 Å². The number of para-hydroxylation sites is 1. The van der Waals surface area contributed by atoms with Gasteiger partial charge in [-0.05, 0) is 24.1 Å². The number of nitrogens with zero attached hydrogens (tertiary/aromatic N) is 3. The van der Waals surface area contributed by atoms with Crippen molar-refractivity contribution < 1.29 is 19.0 Å².